The molecule has 20 heavy (non-hydrogen) atoms. The summed E-state index contributed by atoms with van der Waals surface area (Å²) in [6.07, 6.45) is 0.607. The van der Waals surface area contributed by atoms with Gasteiger partial charge in [-0.2, -0.15) is 13.2 Å². The highest BCUT2D eigenvalue weighted by molar-refractivity contribution is 5.70. The Morgan fingerprint density at radius 2 is 1.70 bits per heavy atom. The van der Waals surface area contributed by atoms with Crippen molar-refractivity contribution in [2.45, 2.75) is 6.18 Å². The minimum atomic E-state index is -4.38. The third kappa shape index (κ3) is 2.22. The maximum Gasteiger partial charge on any atom is 0.416 e. The molecule has 102 valence electrons. The molecule has 0 saturated carbocycles. The maximum atomic E-state index is 12.8. The van der Waals surface area contributed by atoms with Gasteiger partial charge in [-0.05, 0) is 42.5 Å². The van der Waals surface area contributed by atoms with Crippen LogP contribution in [-0.4, -0.2) is 4.57 Å². The van der Waals surface area contributed by atoms with Crippen LogP contribution in [0.25, 0.3) is 17.0 Å². The molecule has 0 aliphatic heterocycles. The fraction of sp³-hybridized carbons (Fsp3) is 0.0667. The molecule has 0 aliphatic rings. The van der Waals surface area contributed by atoms with Crippen LogP contribution in [0.5, 0.6) is 0 Å². The Balaban J connectivity index is 2.21. The number of rotatable bonds is 2. The van der Waals surface area contributed by atoms with Crippen molar-refractivity contribution in [3.63, 3.8) is 0 Å². The standard InChI is InChI=1S/C15H10F3NO/c16-15(17,18)11-5-6-13(19-7-1-2-8-19)12(10-11)14-4-3-9-20-14/h1-10H. The molecule has 0 saturated heterocycles. The van der Waals surface area contributed by atoms with E-state index in [9.17, 15) is 13.2 Å². The number of hydrogen-bond donors (Lipinski definition) is 0. The third-order valence-corrected chi connectivity index (χ3v) is 2.99. The smallest absolute Gasteiger partial charge is 0.416 e. The van der Waals surface area contributed by atoms with Crippen LogP contribution in [0.2, 0.25) is 0 Å². The first kappa shape index (κ1) is 12.6. The van der Waals surface area contributed by atoms with Gasteiger partial charge in [-0.15, -0.1) is 0 Å². The first-order valence-corrected chi connectivity index (χ1v) is 5.94. The lowest BCUT2D eigenvalue weighted by molar-refractivity contribution is -0.137. The number of benzene rings is 1. The number of furan rings is 1. The van der Waals surface area contributed by atoms with E-state index in [-0.39, 0.29) is 0 Å². The zero-order chi connectivity index (χ0) is 14.2. The first-order chi connectivity index (χ1) is 9.55. The summed E-state index contributed by atoms with van der Waals surface area (Å²) in [5, 5.41) is 0. The Hall–Kier alpha value is -2.43. The molecule has 0 spiro atoms. The molecule has 0 amide bonds. The van der Waals surface area contributed by atoms with Gasteiger partial charge in [0.05, 0.1) is 17.5 Å². The molecule has 2 aromatic heterocycles. The molecule has 0 atom stereocenters. The summed E-state index contributed by atoms with van der Waals surface area (Å²) in [4.78, 5) is 0. The topological polar surface area (TPSA) is 18.1 Å². The quantitative estimate of drug-likeness (QED) is 0.660. The van der Waals surface area contributed by atoms with Crippen LogP contribution in [0.1, 0.15) is 5.56 Å². The molecule has 0 N–H and O–H groups in total. The van der Waals surface area contributed by atoms with Gasteiger partial charge in [0, 0.05) is 18.0 Å². The highest BCUT2D eigenvalue weighted by atomic mass is 19.4. The van der Waals surface area contributed by atoms with Crippen LogP contribution in [-0.2, 0) is 6.18 Å². The maximum absolute atomic E-state index is 12.8. The van der Waals surface area contributed by atoms with Crippen molar-refractivity contribution in [1.29, 1.82) is 0 Å². The van der Waals surface area contributed by atoms with Crippen LogP contribution >= 0.6 is 0 Å². The predicted octanol–water partition coefficient (Wildman–Crippen LogP) is 4.76. The Kier molecular flexibility index (Phi) is 2.89. The Labute approximate surface area is 113 Å². The average Bonchev–Trinajstić information content (AvgIpc) is 3.10. The SMILES string of the molecule is FC(F)(F)c1ccc(-n2cccc2)c(-c2ccco2)c1. The van der Waals surface area contributed by atoms with E-state index in [0.717, 1.165) is 12.1 Å². The van der Waals surface area contributed by atoms with Crippen LogP contribution < -0.4 is 0 Å². The van der Waals surface area contributed by atoms with E-state index in [1.807, 2.05) is 12.1 Å². The molecule has 0 aliphatic carbocycles. The lowest BCUT2D eigenvalue weighted by Crippen LogP contribution is -2.06. The van der Waals surface area contributed by atoms with E-state index >= 15 is 0 Å². The lowest BCUT2D eigenvalue weighted by atomic mass is 10.1. The molecule has 2 nitrogen and oxygen atoms in total. The monoisotopic (exact) mass is 277 g/mol. The zero-order valence-corrected chi connectivity index (χ0v) is 10.3. The minimum absolute atomic E-state index is 0.403. The van der Waals surface area contributed by atoms with Crippen molar-refractivity contribution in [1.82, 2.24) is 4.57 Å². The van der Waals surface area contributed by atoms with Gasteiger partial charge >= 0.3 is 6.18 Å². The number of hydrogen-bond acceptors (Lipinski definition) is 1. The minimum Gasteiger partial charge on any atom is -0.464 e. The summed E-state index contributed by atoms with van der Waals surface area (Å²) in [6.45, 7) is 0. The molecule has 3 rings (SSSR count). The number of nitrogens with zero attached hydrogens (tertiary/aromatic N) is 1. The molecule has 2 heterocycles. The molecular formula is C15H10F3NO. The fourth-order valence-corrected chi connectivity index (χ4v) is 2.06. The summed E-state index contributed by atoms with van der Waals surface area (Å²) in [5.74, 6) is 0.403. The van der Waals surface area contributed by atoms with Gasteiger partial charge in [0.1, 0.15) is 5.76 Å². The molecule has 0 radical (unpaired) electrons. The summed E-state index contributed by atoms with van der Waals surface area (Å²) in [5.41, 5.74) is 0.346. The van der Waals surface area contributed by atoms with Crippen LogP contribution in [0.15, 0.2) is 65.5 Å². The van der Waals surface area contributed by atoms with Crippen molar-refractivity contribution in [3.05, 3.63) is 66.7 Å². The van der Waals surface area contributed by atoms with Crippen LogP contribution in [0, 0.1) is 0 Å². The van der Waals surface area contributed by atoms with Crippen molar-refractivity contribution in [3.8, 4) is 17.0 Å². The summed E-state index contributed by atoms with van der Waals surface area (Å²) in [6, 6.07) is 10.5. The van der Waals surface area contributed by atoms with Crippen molar-refractivity contribution < 1.29 is 17.6 Å². The van der Waals surface area contributed by atoms with E-state index in [1.165, 1.54) is 12.3 Å². The van der Waals surface area contributed by atoms with E-state index in [2.05, 4.69) is 0 Å². The van der Waals surface area contributed by atoms with Crippen LogP contribution in [0.3, 0.4) is 0 Å². The molecule has 0 unspecified atom stereocenters. The van der Waals surface area contributed by atoms with Crippen molar-refractivity contribution >= 4 is 0 Å². The third-order valence-electron chi connectivity index (χ3n) is 2.99. The largest absolute Gasteiger partial charge is 0.464 e. The van der Waals surface area contributed by atoms with Gasteiger partial charge in [-0.25, -0.2) is 0 Å². The highest BCUT2D eigenvalue weighted by Gasteiger charge is 2.31. The summed E-state index contributed by atoms with van der Waals surface area (Å²) < 4.78 is 45.5. The second-order valence-electron chi connectivity index (χ2n) is 4.30. The lowest BCUT2D eigenvalue weighted by Gasteiger charge is -2.13. The van der Waals surface area contributed by atoms with E-state index in [0.29, 0.717) is 17.0 Å². The summed E-state index contributed by atoms with van der Waals surface area (Å²) >= 11 is 0. The van der Waals surface area contributed by atoms with Gasteiger partial charge in [-0.1, -0.05) is 0 Å². The van der Waals surface area contributed by atoms with E-state index in [1.54, 1.807) is 29.1 Å². The number of halogens is 3. The second-order valence-corrected chi connectivity index (χ2v) is 4.30. The Bertz CT molecular complexity index is 697. The molecule has 3 aromatic rings. The van der Waals surface area contributed by atoms with E-state index < -0.39 is 11.7 Å². The fourth-order valence-electron chi connectivity index (χ4n) is 2.06. The second kappa shape index (κ2) is 4.59. The van der Waals surface area contributed by atoms with Gasteiger partial charge in [0.2, 0.25) is 0 Å². The van der Waals surface area contributed by atoms with E-state index in [4.69, 9.17) is 4.42 Å². The highest BCUT2D eigenvalue weighted by Crippen LogP contribution is 2.35. The molecular weight excluding hydrogens is 267 g/mol. The van der Waals surface area contributed by atoms with Gasteiger partial charge in [0.25, 0.3) is 0 Å². The van der Waals surface area contributed by atoms with Gasteiger partial charge in [0.15, 0.2) is 0 Å². The number of alkyl halides is 3. The predicted molar refractivity (Wildman–Crippen MR) is 68.5 cm³/mol. The first-order valence-electron chi connectivity index (χ1n) is 5.94. The Morgan fingerprint density at radius 1 is 0.950 bits per heavy atom. The zero-order valence-electron chi connectivity index (χ0n) is 10.3. The van der Waals surface area contributed by atoms with Crippen molar-refractivity contribution in [2.24, 2.45) is 0 Å². The Morgan fingerprint density at radius 3 is 2.30 bits per heavy atom. The van der Waals surface area contributed by atoms with Crippen LogP contribution in [0.4, 0.5) is 13.2 Å². The number of aromatic nitrogens is 1. The van der Waals surface area contributed by atoms with Gasteiger partial charge < -0.3 is 8.98 Å². The molecule has 1 aromatic carbocycles. The summed E-state index contributed by atoms with van der Waals surface area (Å²) in [7, 11) is 0. The van der Waals surface area contributed by atoms with Gasteiger partial charge in [-0.3, -0.25) is 0 Å². The van der Waals surface area contributed by atoms with Crippen molar-refractivity contribution in [2.75, 3.05) is 0 Å². The molecule has 0 fully saturated rings. The molecule has 5 heteroatoms. The molecule has 0 bridgehead atoms. The normalized spacial score (nSPS) is 11.8. The average molecular weight is 277 g/mol.